The van der Waals surface area contributed by atoms with Crippen molar-refractivity contribution in [3.05, 3.63) is 29.3 Å². The van der Waals surface area contributed by atoms with Gasteiger partial charge in [0.2, 0.25) is 0 Å². The van der Waals surface area contributed by atoms with E-state index in [1.807, 2.05) is 0 Å². The van der Waals surface area contributed by atoms with E-state index in [4.69, 9.17) is 4.74 Å². The molecule has 14 heavy (non-hydrogen) atoms. The fourth-order valence-electron chi connectivity index (χ4n) is 1.63. The van der Waals surface area contributed by atoms with Crippen LogP contribution in [0, 0.1) is 11.6 Å². The molecule has 0 aliphatic carbocycles. The first-order chi connectivity index (χ1) is 6.74. The van der Waals surface area contributed by atoms with E-state index in [1.165, 1.54) is 7.11 Å². The van der Waals surface area contributed by atoms with E-state index in [2.05, 4.69) is 5.32 Å². The lowest BCUT2D eigenvalue weighted by molar-refractivity contribution is 0.353. The molecule has 1 aliphatic rings. The van der Waals surface area contributed by atoms with Crippen molar-refractivity contribution in [3.8, 4) is 5.75 Å². The van der Waals surface area contributed by atoms with E-state index in [0.717, 1.165) is 12.1 Å². The molecule has 0 amide bonds. The molecule has 4 heteroatoms. The van der Waals surface area contributed by atoms with E-state index in [9.17, 15) is 8.78 Å². The number of rotatable bonds is 2. The highest BCUT2D eigenvalue weighted by Crippen LogP contribution is 2.33. The molecule has 0 radical (unpaired) electrons. The summed E-state index contributed by atoms with van der Waals surface area (Å²) in [4.78, 5) is 0. The first-order valence-corrected chi connectivity index (χ1v) is 4.46. The number of hydrogen-bond donors (Lipinski definition) is 1. The molecule has 2 rings (SSSR count). The van der Waals surface area contributed by atoms with Gasteiger partial charge in [0.05, 0.1) is 7.11 Å². The molecule has 1 fully saturated rings. The molecule has 0 atom stereocenters. The lowest BCUT2D eigenvalue weighted by Crippen LogP contribution is -2.40. The molecule has 76 valence electrons. The Morgan fingerprint density at radius 3 is 2.43 bits per heavy atom. The van der Waals surface area contributed by atoms with Crippen LogP contribution < -0.4 is 10.1 Å². The topological polar surface area (TPSA) is 21.3 Å². The summed E-state index contributed by atoms with van der Waals surface area (Å²) >= 11 is 0. The molecule has 1 heterocycles. The van der Waals surface area contributed by atoms with Gasteiger partial charge in [-0.15, -0.1) is 0 Å². The molecule has 1 aliphatic heterocycles. The number of halogens is 2. The molecule has 1 N–H and O–H groups in total. The SMILES string of the molecule is COc1c(F)ccc(F)c1C1CNC1. The second-order valence-electron chi connectivity index (χ2n) is 3.33. The van der Waals surface area contributed by atoms with E-state index in [0.29, 0.717) is 18.7 Å². The standard InChI is InChI=1S/C10H11F2NO/c1-14-10-8(12)3-2-7(11)9(10)6-4-13-5-6/h2-3,6,13H,4-5H2,1H3. The summed E-state index contributed by atoms with van der Waals surface area (Å²) < 4.78 is 31.5. The molecule has 0 aromatic heterocycles. The van der Waals surface area contributed by atoms with Crippen LogP contribution >= 0.6 is 0 Å². The summed E-state index contributed by atoms with van der Waals surface area (Å²) in [5.74, 6) is -0.831. The van der Waals surface area contributed by atoms with E-state index in [1.54, 1.807) is 0 Å². The van der Waals surface area contributed by atoms with Gasteiger partial charge in [0.1, 0.15) is 5.82 Å². The zero-order chi connectivity index (χ0) is 10.1. The zero-order valence-corrected chi connectivity index (χ0v) is 7.81. The molecular weight excluding hydrogens is 188 g/mol. The van der Waals surface area contributed by atoms with Crippen LogP contribution in [0.2, 0.25) is 0 Å². The Balaban J connectivity index is 2.47. The predicted octanol–water partition coefficient (Wildman–Crippen LogP) is 1.66. The Morgan fingerprint density at radius 2 is 1.93 bits per heavy atom. The highest BCUT2D eigenvalue weighted by molar-refractivity contribution is 5.40. The van der Waals surface area contributed by atoms with Crippen molar-refractivity contribution < 1.29 is 13.5 Å². The molecule has 0 unspecified atom stereocenters. The van der Waals surface area contributed by atoms with Crippen LogP contribution in [0.1, 0.15) is 11.5 Å². The average molecular weight is 199 g/mol. The summed E-state index contributed by atoms with van der Waals surface area (Å²) in [6.45, 7) is 1.35. The van der Waals surface area contributed by atoms with Crippen LogP contribution in [0.5, 0.6) is 5.75 Å². The fourth-order valence-corrected chi connectivity index (χ4v) is 1.63. The fraction of sp³-hybridized carbons (Fsp3) is 0.400. The van der Waals surface area contributed by atoms with Gasteiger partial charge in [-0.3, -0.25) is 0 Å². The predicted molar refractivity (Wildman–Crippen MR) is 48.5 cm³/mol. The maximum Gasteiger partial charge on any atom is 0.165 e. The lowest BCUT2D eigenvalue weighted by Gasteiger charge is -2.29. The van der Waals surface area contributed by atoms with Gasteiger partial charge in [0.15, 0.2) is 11.6 Å². The van der Waals surface area contributed by atoms with Gasteiger partial charge in [-0.05, 0) is 12.1 Å². The van der Waals surface area contributed by atoms with Crippen molar-refractivity contribution in [2.24, 2.45) is 0 Å². The van der Waals surface area contributed by atoms with Gasteiger partial charge in [0.25, 0.3) is 0 Å². The van der Waals surface area contributed by atoms with Crippen molar-refractivity contribution in [2.75, 3.05) is 20.2 Å². The third kappa shape index (κ3) is 1.35. The van der Waals surface area contributed by atoms with Gasteiger partial charge in [-0.2, -0.15) is 0 Å². The quantitative estimate of drug-likeness (QED) is 0.782. The summed E-state index contributed by atoms with van der Waals surface area (Å²) in [6.07, 6.45) is 0. The summed E-state index contributed by atoms with van der Waals surface area (Å²) in [5.41, 5.74) is 0.353. The minimum absolute atomic E-state index is 0.0284. The number of benzene rings is 1. The Kier molecular flexibility index (Phi) is 2.37. The van der Waals surface area contributed by atoms with Crippen LogP contribution in [0.3, 0.4) is 0 Å². The minimum atomic E-state index is -0.504. The van der Waals surface area contributed by atoms with E-state index >= 15 is 0 Å². The Morgan fingerprint density at radius 1 is 1.29 bits per heavy atom. The number of nitrogens with one attached hydrogen (secondary N) is 1. The largest absolute Gasteiger partial charge is 0.493 e. The summed E-state index contributed by atoms with van der Waals surface area (Å²) in [5, 5.41) is 3.01. The first kappa shape index (κ1) is 9.40. The number of ether oxygens (including phenoxy) is 1. The monoisotopic (exact) mass is 199 g/mol. The minimum Gasteiger partial charge on any atom is -0.493 e. The van der Waals surface area contributed by atoms with Crippen molar-refractivity contribution in [3.63, 3.8) is 0 Å². The Bertz CT molecular complexity index is 350. The Labute approximate surface area is 80.9 Å². The van der Waals surface area contributed by atoms with Crippen LogP contribution in [-0.2, 0) is 0 Å². The highest BCUT2D eigenvalue weighted by atomic mass is 19.1. The summed E-state index contributed by atoms with van der Waals surface area (Å²) in [6, 6.07) is 2.23. The third-order valence-corrected chi connectivity index (χ3v) is 2.49. The molecule has 0 bridgehead atoms. The van der Waals surface area contributed by atoms with Gasteiger partial charge >= 0.3 is 0 Å². The van der Waals surface area contributed by atoms with Gasteiger partial charge in [-0.1, -0.05) is 0 Å². The Hall–Kier alpha value is -1.16. The van der Waals surface area contributed by atoms with Crippen molar-refractivity contribution >= 4 is 0 Å². The molecule has 0 spiro atoms. The van der Waals surface area contributed by atoms with Crippen LogP contribution in [0.25, 0.3) is 0 Å². The zero-order valence-electron chi connectivity index (χ0n) is 7.81. The molecule has 2 nitrogen and oxygen atoms in total. The van der Waals surface area contributed by atoms with Crippen molar-refractivity contribution in [2.45, 2.75) is 5.92 Å². The lowest BCUT2D eigenvalue weighted by atomic mass is 9.92. The average Bonchev–Trinajstić information content (AvgIpc) is 2.09. The number of methoxy groups -OCH3 is 1. The van der Waals surface area contributed by atoms with Crippen molar-refractivity contribution in [1.29, 1.82) is 0 Å². The van der Waals surface area contributed by atoms with Crippen LogP contribution in [0.15, 0.2) is 12.1 Å². The first-order valence-electron chi connectivity index (χ1n) is 4.46. The third-order valence-electron chi connectivity index (χ3n) is 2.49. The second-order valence-corrected chi connectivity index (χ2v) is 3.33. The molecule has 0 saturated carbocycles. The van der Waals surface area contributed by atoms with Gasteiger partial charge in [-0.25, -0.2) is 8.78 Å². The maximum atomic E-state index is 13.4. The van der Waals surface area contributed by atoms with Crippen LogP contribution in [0.4, 0.5) is 8.78 Å². The molecule has 1 saturated heterocycles. The second kappa shape index (κ2) is 3.53. The highest BCUT2D eigenvalue weighted by Gasteiger charge is 2.27. The molecular formula is C10H11F2NO. The van der Waals surface area contributed by atoms with Crippen LogP contribution in [-0.4, -0.2) is 20.2 Å². The van der Waals surface area contributed by atoms with Gasteiger partial charge < -0.3 is 10.1 Å². The normalized spacial score (nSPS) is 16.5. The van der Waals surface area contributed by atoms with Gasteiger partial charge in [0, 0.05) is 24.6 Å². The van der Waals surface area contributed by atoms with E-state index in [-0.39, 0.29) is 11.7 Å². The molecule has 1 aromatic rings. The summed E-state index contributed by atoms with van der Waals surface area (Å²) in [7, 11) is 1.35. The van der Waals surface area contributed by atoms with E-state index < -0.39 is 11.6 Å². The maximum absolute atomic E-state index is 13.4. The van der Waals surface area contributed by atoms with Crippen molar-refractivity contribution in [1.82, 2.24) is 5.32 Å². The number of hydrogen-bond acceptors (Lipinski definition) is 2. The smallest absolute Gasteiger partial charge is 0.165 e. The molecule has 1 aromatic carbocycles.